The highest BCUT2D eigenvalue weighted by Crippen LogP contribution is 2.37. The van der Waals surface area contributed by atoms with Crippen LogP contribution < -0.4 is 9.47 Å². The molecule has 0 saturated carbocycles. The SMILES string of the molecule is COC1=Cc2cc(-c3ccc(OC)c(OC)c3)cc3cccc(c23)C1=O. The van der Waals surface area contributed by atoms with Gasteiger partial charge in [0, 0.05) is 10.9 Å². The van der Waals surface area contributed by atoms with Gasteiger partial charge in [-0.15, -0.1) is 0 Å². The maximum atomic E-state index is 12.5. The number of hydrogen-bond donors (Lipinski definition) is 0. The molecule has 3 aromatic rings. The third-order valence-corrected chi connectivity index (χ3v) is 4.70. The molecule has 0 amide bonds. The standard InChI is InChI=1S/C22H18O4/c1-24-18-8-7-13(11-19(18)25-2)15-9-14-5-4-6-17-21(14)16(10-15)12-20(26-3)22(17)23/h4-12H,1-3H3. The maximum absolute atomic E-state index is 12.5. The summed E-state index contributed by atoms with van der Waals surface area (Å²) in [7, 11) is 4.76. The minimum absolute atomic E-state index is 0.0792. The Hall–Kier alpha value is -3.27. The molecule has 0 aromatic heterocycles. The Morgan fingerprint density at radius 3 is 2.31 bits per heavy atom. The van der Waals surface area contributed by atoms with E-state index in [-0.39, 0.29) is 5.78 Å². The molecular weight excluding hydrogens is 328 g/mol. The van der Waals surface area contributed by atoms with Crippen molar-refractivity contribution in [3.8, 4) is 22.6 Å². The van der Waals surface area contributed by atoms with Crippen molar-refractivity contribution in [2.75, 3.05) is 21.3 Å². The van der Waals surface area contributed by atoms with Crippen LogP contribution in [0.1, 0.15) is 15.9 Å². The second-order valence-electron chi connectivity index (χ2n) is 6.08. The predicted octanol–water partition coefficient (Wildman–Crippen LogP) is 4.71. The van der Waals surface area contributed by atoms with Gasteiger partial charge in [0.05, 0.1) is 21.3 Å². The molecule has 0 unspecified atom stereocenters. The monoisotopic (exact) mass is 346 g/mol. The van der Waals surface area contributed by atoms with Gasteiger partial charge in [0.15, 0.2) is 17.3 Å². The van der Waals surface area contributed by atoms with Crippen molar-refractivity contribution >= 4 is 22.6 Å². The van der Waals surface area contributed by atoms with Crippen LogP contribution in [0.5, 0.6) is 11.5 Å². The topological polar surface area (TPSA) is 44.8 Å². The minimum Gasteiger partial charge on any atom is -0.493 e. The summed E-state index contributed by atoms with van der Waals surface area (Å²) in [6.07, 6.45) is 1.81. The second kappa shape index (κ2) is 6.23. The fraction of sp³-hybridized carbons (Fsp3) is 0.136. The smallest absolute Gasteiger partial charge is 0.228 e. The van der Waals surface area contributed by atoms with Crippen LogP contribution in [0.2, 0.25) is 0 Å². The molecule has 26 heavy (non-hydrogen) atoms. The highest BCUT2D eigenvalue weighted by molar-refractivity contribution is 6.22. The average molecular weight is 346 g/mol. The third-order valence-electron chi connectivity index (χ3n) is 4.70. The molecule has 0 aliphatic heterocycles. The van der Waals surface area contributed by atoms with Gasteiger partial charge in [-0.05, 0) is 52.4 Å². The van der Waals surface area contributed by atoms with Crippen LogP contribution in [-0.4, -0.2) is 27.1 Å². The molecule has 1 aliphatic carbocycles. The molecule has 0 bridgehead atoms. The summed E-state index contributed by atoms with van der Waals surface area (Å²) in [5.74, 6) is 1.64. The van der Waals surface area contributed by atoms with Gasteiger partial charge in [-0.3, -0.25) is 4.79 Å². The number of carbonyl (C=O) groups is 1. The third kappa shape index (κ3) is 2.42. The molecule has 0 atom stereocenters. The van der Waals surface area contributed by atoms with Gasteiger partial charge >= 0.3 is 0 Å². The molecule has 0 N–H and O–H groups in total. The number of hydrogen-bond acceptors (Lipinski definition) is 4. The van der Waals surface area contributed by atoms with Crippen molar-refractivity contribution in [1.82, 2.24) is 0 Å². The van der Waals surface area contributed by atoms with E-state index in [1.54, 1.807) is 14.2 Å². The first-order chi connectivity index (χ1) is 12.7. The molecule has 0 radical (unpaired) electrons. The zero-order valence-electron chi connectivity index (χ0n) is 14.8. The summed E-state index contributed by atoms with van der Waals surface area (Å²) in [4.78, 5) is 12.5. The number of carbonyl (C=O) groups excluding carboxylic acids is 1. The molecule has 3 aromatic carbocycles. The Kier molecular flexibility index (Phi) is 3.88. The van der Waals surface area contributed by atoms with E-state index >= 15 is 0 Å². The molecule has 4 nitrogen and oxygen atoms in total. The maximum Gasteiger partial charge on any atom is 0.228 e. The average Bonchev–Trinajstić information content (AvgIpc) is 2.69. The van der Waals surface area contributed by atoms with Crippen LogP contribution in [0.25, 0.3) is 28.0 Å². The van der Waals surface area contributed by atoms with Gasteiger partial charge in [0.2, 0.25) is 5.78 Å². The first-order valence-corrected chi connectivity index (χ1v) is 8.26. The van der Waals surface area contributed by atoms with E-state index in [0.29, 0.717) is 22.8 Å². The van der Waals surface area contributed by atoms with E-state index in [1.165, 1.54) is 7.11 Å². The van der Waals surface area contributed by atoms with Gasteiger partial charge < -0.3 is 14.2 Å². The highest BCUT2D eigenvalue weighted by atomic mass is 16.5. The fourth-order valence-electron chi connectivity index (χ4n) is 3.44. The van der Waals surface area contributed by atoms with E-state index in [2.05, 4.69) is 12.1 Å². The summed E-state index contributed by atoms with van der Waals surface area (Å²) < 4.78 is 16.0. The summed E-state index contributed by atoms with van der Waals surface area (Å²) in [5.41, 5.74) is 3.69. The Bertz CT molecular complexity index is 1060. The fourth-order valence-corrected chi connectivity index (χ4v) is 3.44. The zero-order chi connectivity index (χ0) is 18.3. The normalized spacial score (nSPS) is 12.7. The molecule has 0 spiro atoms. The largest absolute Gasteiger partial charge is 0.493 e. The van der Waals surface area contributed by atoms with Crippen molar-refractivity contribution in [1.29, 1.82) is 0 Å². The summed E-state index contributed by atoms with van der Waals surface area (Å²) in [5, 5.41) is 1.98. The summed E-state index contributed by atoms with van der Waals surface area (Å²) in [6, 6.07) is 15.7. The quantitative estimate of drug-likeness (QED) is 0.686. The van der Waals surface area contributed by atoms with Crippen molar-refractivity contribution < 1.29 is 19.0 Å². The van der Waals surface area contributed by atoms with Crippen molar-refractivity contribution in [3.63, 3.8) is 0 Å². The lowest BCUT2D eigenvalue weighted by Gasteiger charge is -2.18. The predicted molar refractivity (Wildman–Crippen MR) is 102 cm³/mol. The number of rotatable bonds is 4. The van der Waals surface area contributed by atoms with Gasteiger partial charge in [0.1, 0.15) is 0 Å². The van der Waals surface area contributed by atoms with E-state index in [1.807, 2.05) is 42.5 Å². The Morgan fingerprint density at radius 2 is 1.58 bits per heavy atom. The number of Topliss-reactive ketones (excluding diaryl/α,β-unsaturated/α-hetero) is 1. The Balaban J connectivity index is 1.95. The molecular formula is C22H18O4. The van der Waals surface area contributed by atoms with Crippen LogP contribution in [0.15, 0.2) is 54.3 Å². The molecule has 0 saturated heterocycles. The van der Waals surface area contributed by atoms with E-state index < -0.39 is 0 Å². The van der Waals surface area contributed by atoms with Crippen molar-refractivity contribution in [2.24, 2.45) is 0 Å². The first kappa shape index (κ1) is 16.2. The van der Waals surface area contributed by atoms with E-state index in [4.69, 9.17) is 14.2 Å². The second-order valence-corrected chi connectivity index (χ2v) is 6.08. The minimum atomic E-state index is -0.0792. The van der Waals surface area contributed by atoms with Crippen LogP contribution in [0, 0.1) is 0 Å². The number of ether oxygens (including phenoxy) is 3. The number of allylic oxidation sites excluding steroid dienone is 1. The van der Waals surface area contributed by atoms with Gasteiger partial charge in [-0.1, -0.05) is 24.3 Å². The van der Waals surface area contributed by atoms with Crippen LogP contribution in [0.3, 0.4) is 0 Å². The molecule has 130 valence electrons. The lowest BCUT2D eigenvalue weighted by molar-refractivity contribution is 0.0957. The molecule has 1 aliphatic rings. The number of methoxy groups -OCH3 is 3. The van der Waals surface area contributed by atoms with Gasteiger partial charge in [-0.25, -0.2) is 0 Å². The van der Waals surface area contributed by atoms with E-state index in [9.17, 15) is 4.79 Å². The van der Waals surface area contributed by atoms with Gasteiger partial charge in [0.25, 0.3) is 0 Å². The Morgan fingerprint density at radius 1 is 0.769 bits per heavy atom. The Labute approximate surface area is 151 Å². The lowest BCUT2D eigenvalue weighted by Crippen LogP contribution is -2.10. The van der Waals surface area contributed by atoms with Crippen molar-refractivity contribution in [3.05, 3.63) is 65.4 Å². The first-order valence-electron chi connectivity index (χ1n) is 8.26. The summed E-state index contributed by atoms with van der Waals surface area (Å²) in [6.45, 7) is 0. The van der Waals surface area contributed by atoms with Crippen LogP contribution in [0.4, 0.5) is 0 Å². The van der Waals surface area contributed by atoms with E-state index in [0.717, 1.165) is 27.5 Å². The number of benzene rings is 3. The molecule has 0 fully saturated rings. The zero-order valence-corrected chi connectivity index (χ0v) is 14.8. The van der Waals surface area contributed by atoms with Crippen LogP contribution >= 0.6 is 0 Å². The van der Waals surface area contributed by atoms with Crippen LogP contribution in [-0.2, 0) is 4.74 Å². The molecule has 4 heteroatoms. The molecule has 0 heterocycles. The highest BCUT2D eigenvalue weighted by Gasteiger charge is 2.23. The number of ketones is 1. The van der Waals surface area contributed by atoms with Gasteiger partial charge in [-0.2, -0.15) is 0 Å². The lowest BCUT2D eigenvalue weighted by atomic mass is 9.88. The van der Waals surface area contributed by atoms with Crippen molar-refractivity contribution in [2.45, 2.75) is 0 Å². The summed E-state index contributed by atoms with van der Waals surface area (Å²) >= 11 is 0. The molecule has 4 rings (SSSR count).